The molecule has 1 heterocycles. The van der Waals surface area contributed by atoms with Gasteiger partial charge in [-0.15, -0.1) is 0 Å². The van der Waals surface area contributed by atoms with Crippen LogP contribution in [0.1, 0.15) is 15.9 Å². The third kappa shape index (κ3) is 2.14. The average molecular weight is 231 g/mol. The number of rotatable bonds is 3. The predicted molar refractivity (Wildman–Crippen MR) is 68.5 cm³/mol. The molecule has 2 aromatic rings. The minimum Gasteiger partial charge on any atom is -0.378 e. The third-order valence-electron chi connectivity index (χ3n) is 2.43. The van der Waals surface area contributed by atoms with Gasteiger partial charge in [0.1, 0.15) is 0 Å². The van der Waals surface area contributed by atoms with Gasteiger partial charge in [0, 0.05) is 36.3 Å². The summed E-state index contributed by atoms with van der Waals surface area (Å²) in [4.78, 5) is 14.0. The van der Waals surface area contributed by atoms with E-state index in [4.69, 9.17) is 0 Å². The van der Waals surface area contributed by atoms with Gasteiger partial charge in [0.2, 0.25) is 0 Å². The van der Waals surface area contributed by atoms with Gasteiger partial charge in [-0.3, -0.25) is 4.79 Å². The minimum absolute atomic E-state index is 0.0894. The summed E-state index contributed by atoms with van der Waals surface area (Å²) in [5, 5.41) is 3.80. The number of carbonyl (C=O) groups is 1. The lowest BCUT2D eigenvalue weighted by molar-refractivity contribution is 0.103. The Balaban J connectivity index is 2.25. The first-order valence-corrected chi connectivity index (χ1v) is 5.97. The van der Waals surface area contributed by atoms with Crippen molar-refractivity contribution in [2.24, 2.45) is 0 Å². The van der Waals surface area contributed by atoms with E-state index >= 15 is 0 Å². The van der Waals surface area contributed by atoms with Gasteiger partial charge in [-0.1, -0.05) is 0 Å². The molecule has 0 aliphatic heterocycles. The first kappa shape index (κ1) is 10.9. The van der Waals surface area contributed by atoms with Crippen molar-refractivity contribution in [2.45, 2.75) is 0 Å². The van der Waals surface area contributed by atoms with Crippen molar-refractivity contribution in [2.75, 3.05) is 19.0 Å². The number of ketones is 1. The summed E-state index contributed by atoms with van der Waals surface area (Å²) >= 11 is 1.54. The molecule has 82 valence electrons. The molecule has 2 nitrogen and oxygen atoms in total. The highest BCUT2D eigenvalue weighted by Crippen LogP contribution is 2.16. The average Bonchev–Trinajstić information content (AvgIpc) is 2.81. The molecule has 0 N–H and O–H groups in total. The van der Waals surface area contributed by atoms with Crippen LogP contribution in [0.4, 0.5) is 5.69 Å². The Morgan fingerprint density at radius 2 is 1.75 bits per heavy atom. The second-order valence-electron chi connectivity index (χ2n) is 3.78. The second-order valence-corrected chi connectivity index (χ2v) is 4.56. The molecule has 2 rings (SSSR count). The smallest absolute Gasteiger partial charge is 0.193 e. The maximum Gasteiger partial charge on any atom is 0.193 e. The van der Waals surface area contributed by atoms with Gasteiger partial charge >= 0.3 is 0 Å². The van der Waals surface area contributed by atoms with Gasteiger partial charge in [0.25, 0.3) is 0 Å². The Kier molecular flexibility index (Phi) is 3.06. The van der Waals surface area contributed by atoms with Gasteiger partial charge in [0.05, 0.1) is 0 Å². The van der Waals surface area contributed by atoms with E-state index in [2.05, 4.69) is 0 Å². The maximum atomic E-state index is 12.0. The van der Waals surface area contributed by atoms with Gasteiger partial charge in [-0.25, -0.2) is 0 Å². The van der Waals surface area contributed by atoms with E-state index in [1.807, 2.05) is 60.1 Å². The van der Waals surface area contributed by atoms with Crippen LogP contribution in [0.15, 0.2) is 41.1 Å². The van der Waals surface area contributed by atoms with Crippen molar-refractivity contribution in [3.05, 3.63) is 52.2 Å². The van der Waals surface area contributed by atoms with Crippen LogP contribution < -0.4 is 4.90 Å². The topological polar surface area (TPSA) is 20.3 Å². The molecule has 0 unspecified atom stereocenters. The van der Waals surface area contributed by atoms with Crippen LogP contribution in [-0.4, -0.2) is 19.9 Å². The second kappa shape index (κ2) is 4.49. The molecule has 0 aliphatic rings. The van der Waals surface area contributed by atoms with E-state index in [0.717, 1.165) is 16.8 Å². The van der Waals surface area contributed by atoms with Crippen LogP contribution in [0.5, 0.6) is 0 Å². The standard InChI is InChI=1S/C13H13NOS/c1-14(2)12-5-3-10(4-6-12)13(15)11-7-8-16-9-11/h3-9H,1-2H3. The van der Waals surface area contributed by atoms with Gasteiger partial charge in [-0.05, 0) is 35.7 Å². The number of hydrogen-bond acceptors (Lipinski definition) is 3. The minimum atomic E-state index is 0.0894. The summed E-state index contributed by atoms with van der Waals surface area (Å²) in [7, 11) is 3.96. The zero-order chi connectivity index (χ0) is 11.5. The summed E-state index contributed by atoms with van der Waals surface area (Å²) in [5.74, 6) is 0.0894. The molecule has 0 amide bonds. The Morgan fingerprint density at radius 1 is 1.06 bits per heavy atom. The molecule has 0 atom stereocenters. The highest BCUT2D eigenvalue weighted by Gasteiger charge is 2.08. The normalized spacial score (nSPS) is 10.1. The molecule has 0 radical (unpaired) electrons. The molecule has 16 heavy (non-hydrogen) atoms. The number of nitrogens with zero attached hydrogens (tertiary/aromatic N) is 1. The maximum absolute atomic E-state index is 12.0. The molecule has 0 aliphatic carbocycles. The number of benzene rings is 1. The van der Waals surface area contributed by atoms with Crippen molar-refractivity contribution in [3.63, 3.8) is 0 Å². The van der Waals surface area contributed by atoms with E-state index in [-0.39, 0.29) is 5.78 Å². The Hall–Kier alpha value is -1.61. The van der Waals surface area contributed by atoms with E-state index in [9.17, 15) is 4.79 Å². The highest BCUT2D eigenvalue weighted by molar-refractivity contribution is 7.08. The predicted octanol–water partition coefficient (Wildman–Crippen LogP) is 3.05. The zero-order valence-corrected chi connectivity index (χ0v) is 10.1. The van der Waals surface area contributed by atoms with E-state index < -0.39 is 0 Å². The van der Waals surface area contributed by atoms with Crippen LogP contribution in [0, 0.1) is 0 Å². The molecule has 0 bridgehead atoms. The number of hydrogen-bond donors (Lipinski definition) is 0. The molecule has 0 saturated carbocycles. The molecule has 1 aromatic carbocycles. The van der Waals surface area contributed by atoms with Crippen molar-refractivity contribution in [1.29, 1.82) is 0 Å². The lowest BCUT2D eigenvalue weighted by atomic mass is 10.1. The van der Waals surface area contributed by atoms with E-state index in [1.54, 1.807) is 11.3 Å². The summed E-state index contributed by atoms with van der Waals surface area (Å²) < 4.78 is 0. The molecular formula is C13H13NOS. The number of thiophene rings is 1. The molecular weight excluding hydrogens is 218 g/mol. The lowest BCUT2D eigenvalue weighted by Crippen LogP contribution is -2.08. The quantitative estimate of drug-likeness (QED) is 0.757. The van der Waals surface area contributed by atoms with Gasteiger partial charge < -0.3 is 4.90 Å². The SMILES string of the molecule is CN(C)c1ccc(C(=O)c2ccsc2)cc1. The van der Waals surface area contributed by atoms with Crippen molar-refractivity contribution in [3.8, 4) is 0 Å². The van der Waals surface area contributed by atoms with Crippen LogP contribution in [0.3, 0.4) is 0 Å². The van der Waals surface area contributed by atoms with Crippen LogP contribution in [0.25, 0.3) is 0 Å². The molecule has 0 spiro atoms. The van der Waals surface area contributed by atoms with Crippen molar-refractivity contribution < 1.29 is 4.79 Å². The van der Waals surface area contributed by atoms with Crippen LogP contribution in [0.2, 0.25) is 0 Å². The molecule has 3 heteroatoms. The molecule has 0 fully saturated rings. The summed E-state index contributed by atoms with van der Waals surface area (Å²) in [6.07, 6.45) is 0. The van der Waals surface area contributed by atoms with Crippen LogP contribution in [-0.2, 0) is 0 Å². The van der Waals surface area contributed by atoms with E-state index in [1.165, 1.54) is 0 Å². The Bertz CT molecular complexity index is 471. The number of anilines is 1. The monoisotopic (exact) mass is 231 g/mol. The summed E-state index contributed by atoms with van der Waals surface area (Å²) in [5.41, 5.74) is 2.61. The van der Waals surface area contributed by atoms with Crippen molar-refractivity contribution in [1.82, 2.24) is 0 Å². The first-order chi connectivity index (χ1) is 7.68. The van der Waals surface area contributed by atoms with E-state index in [0.29, 0.717) is 0 Å². The summed E-state index contributed by atoms with van der Waals surface area (Å²) in [6, 6.07) is 9.51. The highest BCUT2D eigenvalue weighted by atomic mass is 32.1. The van der Waals surface area contributed by atoms with Crippen LogP contribution >= 0.6 is 11.3 Å². The lowest BCUT2D eigenvalue weighted by Gasteiger charge is -2.12. The largest absolute Gasteiger partial charge is 0.378 e. The van der Waals surface area contributed by atoms with Gasteiger partial charge in [-0.2, -0.15) is 11.3 Å². The fourth-order valence-electron chi connectivity index (χ4n) is 1.47. The summed E-state index contributed by atoms with van der Waals surface area (Å²) in [6.45, 7) is 0. The fraction of sp³-hybridized carbons (Fsp3) is 0.154. The van der Waals surface area contributed by atoms with Crippen molar-refractivity contribution >= 4 is 22.8 Å². The fourth-order valence-corrected chi connectivity index (χ4v) is 2.11. The Morgan fingerprint density at radius 3 is 2.25 bits per heavy atom. The number of carbonyl (C=O) groups excluding carboxylic acids is 1. The molecule has 0 saturated heterocycles. The first-order valence-electron chi connectivity index (χ1n) is 5.03. The molecule has 1 aromatic heterocycles. The Labute approximate surface area is 99.1 Å². The third-order valence-corrected chi connectivity index (χ3v) is 3.11. The van der Waals surface area contributed by atoms with Gasteiger partial charge in [0.15, 0.2) is 5.78 Å². The zero-order valence-electron chi connectivity index (χ0n) is 9.31.